The monoisotopic (exact) mass is 416 g/mol. The van der Waals surface area contributed by atoms with Crippen LogP contribution in [0.15, 0.2) is 71.7 Å². The molecule has 3 aromatic rings. The zero-order valence-electron chi connectivity index (χ0n) is 18.1. The molecule has 5 nitrogen and oxygen atoms in total. The average molecular weight is 417 g/mol. The Hall–Kier alpha value is -3.31. The quantitative estimate of drug-likeness (QED) is 0.570. The van der Waals surface area contributed by atoms with Crippen LogP contribution in [0.1, 0.15) is 47.8 Å². The Bertz CT molecular complexity index is 1080. The molecular formula is C26H28N2O3. The normalized spacial score (nSPS) is 18.4. The Labute approximate surface area is 183 Å². The lowest BCUT2D eigenvalue weighted by molar-refractivity contribution is 0.313. The summed E-state index contributed by atoms with van der Waals surface area (Å²) in [4.78, 5) is 5.03. The van der Waals surface area contributed by atoms with Crippen molar-refractivity contribution < 1.29 is 14.6 Å². The van der Waals surface area contributed by atoms with Gasteiger partial charge >= 0.3 is 0 Å². The van der Waals surface area contributed by atoms with Crippen molar-refractivity contribution in [1.29, 1.82) is 0 Å². The summed E-state index contributed by atoms with van der Waals surface area (Å²) in [6, 6.07) is 21.9. The third kappa shape index (κ3) is 4.57. The number of rotatable bonds is 6. The molecule has 2 N–H and O–H groups in total. The number of phenolic OH excluding ortho intramolecular Hbond substituents is 1. The van der Waals surface area contributed by atoms with Gasteiger partial charge in [-0.05, 0) is 43.2 Å². The number of benzene rings is 3. The van der Waals surface area contributed by atoms with Gasteiger partial charge in [-0.15, -0.1) is 0 Å². The number of aromatic hydroxyl groups is 1. The van der Waals surface area contributed by atoms with E-state index in [0.29, 0.717) is 18.8 Å². The SMILES string of the molecule is CCOc1cccc([C@@H]2CC(c3cccc(OC)c3)=N[C@H](c3ccc(C)cc3)N2)c1O. The molecule has 160 valence electrons. The predicted octanol–water partition coefficient (Wildman–Crippen LogP) is 5.33. The Morgan fingerprint density at radius 2 is 1.84 bits per heavy atom. The van der Waals surface area contributed by atoms with Gasteiger partial charge in [0.15, 0.2) is 11.5 Å². The smallest absolute Gasteiger partial charge is 0.162 e. The number of phenols is 1. The minimum Gasteiger partial charge on any atom is -0.504 e. The number of ether oxygens (including phenoxy) is 2. The average Bonchev–Trinajstić information content (AvgIpc) is 2.81. The van der Waals surface area contributed by atoms with Crippen LogP contribution >= 0.6 is 0 Å². The minimum atomic E-state index is -0.226. The molecule has 0 aliphatic carbocycles. The third-order valence-electron chi connectivity index (χ3n) is 5.54. The van der Waals surface area contributed by atoms with Gasteiger partial charge in [-0.2, -0.15) is 0 Å². The molecule has 1 heterocycles. The number of nitrogens with one attached hydrogen (secondary N) is 1. The molecule has 0 amide bonds. The number of para-hydroxylation sites is 1. The van der Waals surface area contributed by atoms with Crippen LogP contribution in [0.25, 0.3) is 0 Å². The largest absolute Gasteiger partial charge is 0.504 e. The lowest BCUT2D eigenvalue weighted by Gasteiger charge is -2.31. The summed E-state index contributed by atoms with van der Waals surface area (Å²) in [6.45, 7) is 4.48. The number of methoxy groups -OCH3 is 1. The summed E-state index contributed by atoms with van der Waals surface area (Å²) in [5.74, 6) is 1.47. The van der Waals surface area contributed by atoms with Crippen LogP contribution in [0.4, 0.5) is 0 Å². The molecule has 4 rings (SSSR count). The van der Waals surface area contributed by atoms with E-state index in [9.17, 15) is 5.11 Å². The van der Waals surface area contributed by atoms with E-state index in [1.807, 2.05) is 43.3 Å². The van der Waals surface area contributed by atoms with E-state index in [-0.39, 0.29) is 18.0 Å². The van der Waals surface area contributed by atoms with Crippen molar-refractivity contribution in [1.82, 2.24) is 5.32 Å². The van der Waals surface area contributed by atoms with Crippen molar-refractivity contribution in [2.45, 2.75) is 32.5 Å². The van der Waals surface area contributed by atoms with Crippen molar-refractivity contribution >= 4 is 5.71 Å². The van der Waals surface area contributed by atoms with Gasteiger partial charge in [0.1, 0.15) is 11.9 Å². The Morgan fingerprint density at radius 3 is 2.58 bits per heavy atom. The molecule has 0 aromatic heterocycles. The van der Waals surface area contributed by atoms with Crippen molar-refractivity contribution in [2.24, 2.45) is 4.99 Å². The maximum atomic E-state index is 10.9. The second kappa shape index (κ2) is 9.23. The predicted molar refractivity (Wildman–Crippen MR) is 123 cm³/mol. The molecule has 0 saturated heterocycles. The van der Waals surface area contributed by atoms with Crippen LogP contribution in [0.3, 0.4) is 0 Å². The fourth-order valence-corrected chi connectivity index (χ4v) is 3.90. The first-order valence-corrected chi connectivity index (χ1v) is 10.6. The first kappa shape index (κ1) is 20.9. The number of hydrogen-bond acceptors (Lipinski definition) is 5. The molecule has 2 atom stereocenters. The zero-order chi connectivity index (χ0) is 21.8. The molecule has 0 bridgehead atoms. The Kier molecular flexibility index (Phi) is 6.23. The van der Waals surface area contributed by atoms with Gasteiger partial charge in [-0.25, -0.2) is 0 Å². The summed E-state index contributed by atoms with van der Waals surface area (Å²) in [7, 11) is 1.67. The van der Waals surface area contributed by atoms with Gasteiger partial charge in [-0.1, -0.05) is 54.1 Å². The van der Waals surface area contributed by atoms with Gasteiger partial charge in [0.05, 0.1) is 13.7 Å². The summed E-state index contributed by atoms with van der Waals surface area (Å²) < 4.78 is 11.0. The Balaban J connectivity index is 1.75. The first-order valence-electron chi connectivity index (χ1n) is 10.6. The van der Waals surface area contributed by atoms with Crippen molar-refractivity contribution in [2.75, 3.05) is 13.7 Å². The topological polar surface area (TPSA) is 63.1 Å². The van der Waals surface area contributed by atoms with Crippen LogP contribution in [0.2, 0.25) is 0 Å². The number of aliphatic imine (C=N–C) groups is 1. The van der Waals surface area contributed by atoms with Crippen LogP contribution < -0.4 is 14.8 Å². The van der Waals surface area contributed by atoms with Crippen LogP contribution in [-0.4, -0.2) is 24.5 Å². The third-order valence-corrected chi connectivity index (χ3v) is 5.54. The minimum absolute atomic E-state index is 0.120. The first-order chi connectivity index (χ1) is 15.1. The van der Waals surface area contributed by atoms with E-state index in [2.05, 4.69) is 36.5 Å². The number of aryl methyl sites for hydroxylation is 1. The van der Waals surface area contributed by atoms with Crippen LogP contribution in [0, 0.1) is 6.92 Å². The highest BCUT2D eigenvalue weighted by molar-refractivity contribution is 6.02. The highest BCUT2D eigenvalue weighted by atomic mass is 16.5. The fraction of sp³-hybridized carbons (Fsp3) is 0.269. The summed E-state index contributed by atoms with van der Waals surface area (Å²) in [6.07, 6.45) is 0.411. The maximum absolute atomic E-state index is 10.9. The van der Waals surface area contributed by atoms with Gasteiger partial charge in [0, 0.05) is 23.7 Å². The molecular weight excluding hydrogens is 388 g/mol. The summed E-state index contributed by atoms with van der Waals surface area (Å²) in [5, 5.41) is 14.5. The van der Waals surface area contributed by atoms with E-state index >= 15 is 0 Å². The Morgan fingerprint density at radius 1 is 1.06 bits per heavy atom. The summed E-state index contributed by atoms with van der Waals surface area (Å²) in [5.41, 5.74) is 5.07. The second-order valence-corrected chi connectivity index (χ2v) is 7.67. The molecule has 1 aliphatic heterocycles. The summed E-state index contributed by atoms with van der Waals surface area (Å²) >= 11 is 0. The van der Waals surface area contributed by atoms with Gasteiger partial charge < -0.3 is 14.6 Å². The molecule has 0 saturated carbocycles. The van der Waals surface area contributed by atoms with Crippen LogP contribution in [-0.2, 0) is 0 Å². The van der Waals surface area contributed by atoms with E-state index in [1.54, 1.807) is 13.2 Å². The standard InChI is InChI=1S/C26H28N2O3/c1-4-31-24-10-6-9-21(25(24)29)23-16-22(19-7-5-8-20(15-19)30-3)27-26(28-23)18-13-11-17(2)12-14-18/h5-15,23,26,28-29H,4,16H2,1-3H3/t23-,26-/m0/s1. The number of nitrogens with zero attached hydrogens (tertiary/aromatic N) is 1. The van der Waals surface area contributed by atoms with Crippen molar-refractivity contribution in [3.05, 3.63) is 89.0 Å². The molecule has 5 heteroatoms. The van der Waals surface area contributed by atoms with Gasteiger partial charge in [-0.3, -0.25) is 10.3 Å². The number of hydrogen-bond donors (Lipinski definition) is 2. The molecule has 0 spiro atoms. The molecule has 0 fully saturated rings. The lowest BCUT2D eigenvalue weighted by atomic mass is 9.93. The van der Waals surface area contributed by atoms with Crippen LogP contribution in [0.5, 0.6) is 17.2 Å². The van der Waals surface area contributed by atoms with E-state index in [1.165, 1.54) is 5.56 Å². The van der Waals surface area contributed by atoms with Gasteiger partial charge in [0.2, 0.25) is 0 Å². The van der Waals surface area contributed by atoms with E-state index < -0.39 is 0 Å². The highest BCUT2D eigenvalue weighted by Crippen LogP contribution is 2.39. The lowest BCUT2D eigenvalue weighted by Crippen LogP contribution is -2.33. The second-order valence-electron chi connectivity index (χ2n) is 7.67. The van der Waals surface area contributed by atoms with E-state index in [4.69, 9.17) is 14.5 Å². The van der Waals surface area contributed by atoms with Crippen molar-refractivity contribution in [3.63, 3.8) is 0 Å². The highest BCUT2D eigenvalue weighted by Gasteiger charge is 2.28. The van der Waals surface area contributed by atoms with Gasteiger partial charge in [0.25, 0.3) is 0 Å². The fourth-order valence-electron chi connectivity index (χ4n) is 3.90. The van der Waals surface area contributed by atoms with E-state index in [0.717, 1.165) is 28.2 Å². The molecule has 1 aliphatic rings. The molecule has 0 radical (unpaired) electrons. The maximum Gasteiger partial charge on any atom is 0.162 e. The zero-order valence-corrected chi connectivity index (χ0v) is 18.1. The molecule has 3 aromatic carbocycles. The van der Waals surface area contributed by atoms with Crippen molar-refractivity contribution in [3.8, 4) is 17.2 Å². The molecule has 0 unspecified atom stereocenters. The molecule has 31 heavy (non-hydrogen) atoms.